The predicted octanol–water partition coefficient (Wildman–Crippen LogP) is 3.24. The fourth-order valence-corrected chi connectivity index (χ4v) is 1.86. The van der Waals surface area contributed by atoms with Crippen molar-refractivity contribution >= 4 is 33.5 Å². The summed E-state index contributed by atoms with van der Waals surface area (Å²) in [4.78, 5) is 10.7. The van der Waals surface area contributed by atoms with Gasteiger partial charge in [0.15, 0.2) is 0 Å². The zero-order valence-electron chi connectivity index (χ0n) is 6.97. The van der Waals surface area contributed by atoms with E-state index in [0.29, 0.717) is 15.9 Å². The Labute approximate surface area is 89.7 Å². The molecule has 70 valence electrons. The van der Waals surface area contributed by atoms with Crippen LogP contribution in [0.15, 0.2) is 12.1 Å². The summed E-state index contributed by atoms with van der Waals surface area (Å²) in [6.07, 6.45) is 0. The molecule has 0 aromatic heterocycles. The van der Waals surface area contributed by atoms with Crippen LogP contribution in [0.1, 0.15) is 21.5 Å². The van der Waals surface area contributed by atoms with E-state index in [1.165, 1.54) is 0 Å². The van der Waals surface area contributed by atoms with Gasteiger partial charge in [0, 0.05) is 5.33 Å². The molecule has 4 heteroatoms. The van der Waals surface area contributed by atoms with Gasteiger partial charge in [-0.2, -0.15) is 0 Å². The first-order chi connectivity index (χ1) is 6.06. The minimum Gasteiger partial charge on any atom is -0.478 e. The summed E-state index contributed by atoms with van der Waals surface area (Å²) in [7, 11) is 0. The Kier molecular flexibility index (Phi) is 3.33. The molecule has 0 saturated carbocycles. The number of carbonyl (C=O) groups is 1. The van der Waals surface area contributed by atoms with E-state index in [4.69, 9.17) is 16.7 Å². The molecular formula is C9H8BrClO2. The van der Waals surface area contributed by atoms with Gasteiger partial charge in [0.25, 0.3) is 0 Å². The highest BCUT2D eigenvalue weighted by atomic mass is 79.9. The molecule has 1 N–H and O–H groups in total. The number of alkyl halides is 1. The number of rotatable bonds is 2. The van der Waals surface area contributed by atoms with Crippen molar-refractivity contribution in [3.63, 3.8) is 0 Å². The van der Waals surface area contributed by atoms with Crippen LogP contribution in [0.3, 0.4) is 0 Å². The lowest BCUT2D eigenvalue weighted by atomic mass is 10.1. The van der Waals surface area contributed by atoms with Gasteiger partial charge in [-0.3, -0.25) is 0 Å². The molecule has 0 amide bonds. The Morgan fingerprint density at radius 1 is 1.62 bits per heavy atom. The molecule has 13 heavy (non-hydrogen) atoms. The van der Waals surface area contributed by atoms with E-state index in [1.807, 2.05) is 6.07 Å². The maximum atomic E-state index is 10.7. The monoisotopic (exact) mass is 262 g/mol. The topological polar surface area (TPSA) is 37.3 Å². The van der Waals surface area contributed by atoms with Crippen LogP contribution in [0.4, 0.5) is 0 Å². The molecule has 1 rings (SSSR count). The second-order valence-corrected chi connectivity index (χ2v) is 3.68. The highest BCUT2D eigenvalue weighted by molar-refractivity contribution is 9.08. The third-order valence-corrected chi connectivity index (χ3v) is 2.66. The molecule has 0 aliphatic carbocycles. The lowest BCUT2D eigenvalue weighted by Gasteiger charge is -2.05. The molecule has 0 bridgehead atoms. The summed E-state index contributed by atoms with van der Waals surface area (Å²) in [5.74, 6) is -0.983. The number of carboxylic acid groups (broad SMARTS) is 1. The number of carboxylic acids is 1. The van der Waals surface area contributed by atoms with Crippen LogP contribution in [-0.4, -0.2) is 11.1 Å². The maximum absolute atomic E-state index is 10.7. The SMILES string of the molecule is Cc1cc(CBr)cc(Cl)c1C(=O)O. The van der Waals surface area contributed by atoms with Crippen molar-refractivity contribution in [3.05, 3.63) is 33.8 Å². The summed E-state index contributed by atoms with van der Waals surface area (Å²) < 4.78 is 0. The normalized spacial score (nSPS) is 10.1. The Bertz CT molecular complexity index is 326. The minimum atomic E-state index is -0.983. The smallest absolute Gasteiger partial charge is 0.337 e. The first-order valence-corrected chi connectivity index (χ1v) is 5.14. The molecule has 0 atom stereocenters. The van der Waals surface area contributed by atoms with E-state index >= 15 is 0 Å². The zero-order valence-corrected chi connectivity index (χ0v) is 9.32. The second kappa shape index (κ2) is 4.11. The number of benzene rings is 1. The molecule has 2 nitrogen and oxygen atoms in total. The van der Waals surface area contributed by atoms with Crippen LogP contribution in [-0.2, 0) is 5.33 Å². The van der Waals surface area contributed by atoms with Crippen LogP contribution in [0.25, 0.3) is 0 Å². The molecule has 0 spiro atoms. The molecule has 0 unspecified atom stereocenters. The van der Waals surface area contributed by atoms with Gasteiger partial charge in [0.2, 0.25) is 0 Å². The van der Waals surface area contributed by atoms with E-state index in [-0.39, 0.29) is 5.56 Å². The predicted molar refractivity (Wildman–Crippen MR) is 55.8 cm³/mol. The Morgan fingerprint density at radius 3 is 2.62 bits per heavy atom. The first kappa shape index (κ1) is 10.5. The molecule has 1 aromatic carbocycles. The lowest BCUT2D eigenvalue weighted by molar-refractivity contribution is 0.0696. The van der Waals surface area contributed by atoms with Gasteiger partial charge in [-0.25, -0.2) is 4.79 Å². The van der Waals surface area contributed by atoms with Crippen LogP contribution < -0.4 is 0 Å². The average Bonchev–Trinajstić information content (AvgIpc) is 2.02. The maximum Gasteiger partial charge on any atom is 0.337 e. The third-order valence-electron chi connectivity index (χ3n) is 1.72. The number of halogens is 2. The molecular weight excluding hydrogens is 255 g/mol. The zero-order chi connectivity index (χ0) is 10.0. The summed E-state index contributed by atoms with van der Waals surface area (Å²) in [6.45, 7) is 1.74. The van der Waals surface area contributed by atoms with Gasteiger partial charge < -0.3 is 5.11 Å². The quantitative estimate of drug-likeness (QED) is 0.832. The van der Waals surface area contributed by atoms with Gasteiger partial charge in [0.1, 0.15) is 0 Å². The van der Waals surface area contributed by atoms with Crippen LogP contribution in [0, 0.1) is 6.92 Å². The van der Waals surface area contributed by atoms with E-state index in [2.05, 4.69) is 15.9 Å². The van der Waals surface area contributed by atoms with Gasteiger partial charge in [0.05, 0.1) is 10.6 Å². The van der Waals surface area contributed by atoms with Crippen molar-refractivity contribution in [3.8, 4) is 0 Å². The largest absolute Gasteiger partial charge is 0.478 e. The Balaban J connectivity index is 3.31. The van der Waals surface area contributed by atoms with Gasteiger partial charge >= 0.3 is 5.97 Å². The van der Waals surface area contributed by atoms with Gasteiger partial charge in [-0.1, -0.05) is 33.6 Å². The number of aryl methyl sites for hydroxylation is 1. The summed E-state index contributed by atoms with van der Waals surface area (Å²) in [5.41, 5.74) is 1.85. The van der Waals surface area contributed by atoms with E-state index in [0.717, 1.165) is 5.56 Å². The highest BCUT2D eigenvalue weighted by Gasteiger charge is 2.12. The molecule has 0 radical (unpaired) electrons. The number of aromatic carboxylic acids is 1. The second-order valence-electron chi connectivity index (χ2n) is 2.71. The fourth-order valence-electron chi connectivity index (χ4n) is 1.16. The van der Waals surface area contributed by atoms with E-state index in [1.54, 1.807) is 13.0 Å². The summed E-state index contributed by atoms with van der Waals surface area (Å²) in [6, 6.07) is 3.47. The van der Waals surface area contributed by atoms with Crippen molar-refractivity contribution in [1.82, 2.24) is 0 Å². The molecule has 1 aromatic rings. The summed E-state index contributed by atoms with van der Waals surface area (Å²) >= 11 is 9.09. The minimum absolute atomic E-state index is 0.186. The fraction of sp³-hybridized carbons (Fsp3) is 0.222. The number of hydrogen-bond acceptors (Lipinski definition) is 1. The van der Waals surface area contributed by atoms with Crippen molar-refractivity contribution in [2.75, 3.05) is 0 Å². The van der Waals surface area contributed by atoms with Crippen LogP contribution in [0.2, 0.25) is 5.02 Å². The Hall–Kier alpha value is -0.540. The average molecular weight is 264 g/mol. The standard InChI is InChI=1S/C9H8BrClO2/c1-5-2-6(4-10)3-7(11)8(5)9(12)13/h2-3H,4H2,1H3,(H,12,13). The lowest BCUT2D eigenvalue weighted by Crippen LogP contribution is -2.01. The van der Waals surface area contributed by atoms with Crippen LogP contribution >= 0.6 is 27.5 Å². The third kappa shape index (κ3) is 2.23. The first-order valence-electron chi connectivity index (χ1n) is 3.64. The summed E-state index contributed by atoms with van der Waals surface area (Å²) in [5, 5.41) is 9.78. The molecule has 0 fully saturated rings. The van der Waals surface area contributed by atoms with Crippen LogP contribution in [0.5, 0.6) is 0 Å². The molecule has 0 aliphatic heterocycles. The van der Waals surface area contributed by atoms with E-state index < -0.39 is 5.97 Å². The number of hydrogen-bond donors (Lipinski definition) is 1. The van der Waals surface area contributed by atoms with Gasteiger partial charge in [-0.05, 0) is 24.1 Å². The molecule has 0 saturated heterocycles. The molecule has 0 aliphatic rings. The van der Waals surface area contributed by atoms with Crippen molar-refractivity contribution in [2.45, 2.75) is 12.3 Å². The van der Waals surface area contributed by atoms with Crippen molar-refractivity contribution in [1.29, 1.82) is 0 Å². The van der Waals surface area contributed by atoms with Gasteiger partial charge in [-0.15, -0.1) is 0 Å². The highest BCUT2D eigenvalue weighted by Crippen LogP contribution is 2.23. The Morgan fingerprint density at radius 2 is 2.23 bits per heavy atom. The van der Waals surface area contributed by atoms with Crippen molar-refractivity contribution in [2.24, 2.45) is 0 Å². The molecule has 0 heterocycles. The van der Waals surface area contributed by atoms with E-state index in [9.17, 15) is 4.79 Å². The van der Waals surface area contributed by atoms with Crippen molar-refractivity contribution < 1.29 is 9.90 Å².